The molecule has 0 aromatic heterocycles. The maximum absolute atomic E-state index is 11.2. The van der Waals surface area contributed by atoms with Crippen molar-refractivity contribution in [3.05, 3.63) is 18.2 Å². The third kappa shape index (κ3) is 3.62. The van der Waals surface area contributed by atoms with E-state index in [-0.39, 0.29) is 4.90 Å². The van der Waals surface area contributed by atoms with Crippen LogP contribution in [0, 0.1) is 0 Å². The van der Waals surface area contributed by atoms with Gasteiger partial charge in [0, 0.05) is 18.6 Å². The lowest BCUT2D eigenvalue weighted by Crippen LogP contribution is -2.36. The van der Waals surface area contributed by atoms with Crippen molar-refractivity contribution in [1.29, 1.82) is 0 Å². The number of nitrogens with zero attached hydrogens (tertiary/aromatic N) is 1. The number of likely N-dealkylation sites (N-methyl/N-ethyl adjacent to an activating group) is 1. The third-order valence-electron chi connectivity index (χ3n) is 3.76. The summed E-state index contributed by atoms with van der Waals surface area (Å²) in [6.45, 7) is 2.91. The van der Waals surface area contributed by atoms with E-state index in [4.69, 9.17) is 10.9 Å². The van der Waals surface area contributed by atoms with E-state index in [9.17, 15) is 8.42 Å². The van der Waals surface area contributed by atoms with Crippen molar-refractivity contribution >= 4 is 21.4 Å². The van der Waals surface area contributed by atoms with Crippen molar-refractivity contribution in [2.24, 2.45) is 5.14 Å². The van der Waals surface area contributed by atoms with E-state index >= 15 is 0 Å². The van der Waals surface area contributed by atoms with Gasteiger partial charge >= 0.3 is 0 Å². The molecular formula is C13H22N4O2S. The Morgan fingerprint density at radius 3 is 2.60 bits per heavy atom. The Labute approximate surface area is 120 Å². The van der Waals surface area contributed by atoms with Crippen LogP contribution in [0.1, 0.15) is 19.8 Å². The summed E-state index contributed by atoms with van der Waals surface area (Å²) < 4.78 is 22.5. The molecule has 0 bridgehead atoms. The molecule has 1 aliphatic carbocycles. The summed E-state index contributed by atoms with van der Waals surface area (Å²) >= 11 is 0. The van der Waals surface area contributed by atoms with Crippen LogP contribution in [0.2, 0.25) is 0 Å². The fourth-order valence-corrected chi connectivity index (χ4v) is 2.67. The van der Waals surface area contributed by atoms with Crippen LogP contribution in [-0.2, 0) is 10.0 Å². The van der Waals surface area contributed by atoms with Gasteiger partial charge in [-0.1, -0.05) is 0 Å². The lowest BCUT2D eigenvalue weighted by Gasteiger charge is -2.25. The summed E-state index contributed by atoms with van der Waals surface area (Å²) in [5, 5.41) is 8.32. The quantitative estimate of drug-likeness (QED) is 0.675. The maximum Gasteiger partial charge on any atom is 0.238 e. The summed E-state index contributed by atoms with van der Waals surface area (Å²) in [6, 6.07) is 5.59. The van der Waals surface area contributed by atoms with Crippen LogP contribution in [0.15, 0.2) is 23.1 Å². The molecule has 0 amide bonds. The van der Waals surface area contributed by atoms with E-state index < -0.39 is 10.0 Å². The molecule has 0 heterocycles. The highest BCUT2D eigenvalue weighted by Crippen LogP contribution is 2.27. The molecule has 1 atom stereocenters. The predicted molar refractivity (Wildman–Crippen MR) is 81.0 cm³/mol. The average Bonchev–Trinajstić information content (AvgIpc) is 3.19. The van der Waals surface area contributed by atoms with Crippen LogP contribution in [-0.4, -0.2) is 39.0 Å². The molecule has 7 heteroatoms. The maximum atomic E-state index is 11.2. The molecular weight excluding hydrogens is 276 g/mol. The Morgan fingerprint density at radius 2 is 2.10 bits per heavy atom. The highest BCUT2D eigenvalue weighted by atomic mass is 32.2. The van der Waals surface area contributed by atoms with Crippen molar-refractivity contribution in [1.82, 2.24) is 4.90 Å². The number of rotatable bonds is 6. The first-order valence-corrected chi connectivity index (χ1v) is 8.22. The molecule has 0 spiro atoms. The van der Waals surface area contributed by atoms with Crippen LogP contribution < -0.4 is 16.2 Å². The molecule has 1 aromatic rings. The first-order chi connectivity index (χ1) is 9.29. The van der Waals surface area contributed by atoms with Gasteiger partial charge in [-0.2, -0.15) is 0 Å². The molecule has 20 heavy (non-hydrogen) atoms. The molecule has 0 aliphatic heterocycles. The topological polar surface area (TPSA) is 101 Å². The van der Waals surface area contributed by atoms with Gasteiger partial charge in [-0.25, -0.2) is 13.6 Å². The minimum atomic E-state index is -3.71. The summed E-state index contributed by atoms with van der Waals surface area (Å²) in [5.41, 5.74) is 6.97. The van der Waals surface area contributed by atoms with E-state index in [1.807, 2.05) is 0 Å². The molecule has 1 fully saturated rings. The largest absolute Gasteiger partial charge is 0.397 e. The van der Waals surface area contributed by atoms with Crippen molar-refractivity contribution in [3.63, 3.8) is 0 Å². The van der Waals surface area contributed by atoms with Gasteiger partial charge in [-0.15, -0.1) is 0 Å². The van der Waals surface area contributed by atoms with E-state index in [2.05, 4.69) is 24.2 Å². The van der Waals surface area contributed by atoms with Crippen molar-refractivity contribution < 1.29 is 8.42 Å². The second-order valence-corrected chi connectivity index (χ2v) is 6.98. The number of anilines is 2. The zero-order valence-corrected chi connectivity index (χ0v) is 12.7. The minimum absolute atomic E-state index is 0.0312. The number of sulfonamides is 1. The normalized spacial score (nSPS) is 17.2. The molecule has 0 radical (unpaired) electrons. The molecule has 1 aromatic carbocycles. The van der Waals surface area contributed by atoms with Gasteiger partial charge in [0.25, 0.3) is 0 Å². The molecule has 6 nitrogen and oxygen atoms in total. The van der Waals surface area contributed by atoms with E-state index in [1.54, 1.807) is 6.07 Å². The van der Waals surface area contributed by atoms with Gasteiger partial charge in [-0.05, 0) is 45.0 Å². The lowest BCUT2D eigenvalue weighted by molar-refractivity contribution is 0.257. The fraction of sp³-hybridized carbons (Fsp3) is 0.538. The van der Waals surface area contributed by atoms with Crippen LogP contribution in [0.25, 0.3) is 0 Å². The monoisotopic (exact) mass is 298 g/mol. The fourth-order valence-electron chi connectivity index (χ4n) is 2.12. The molecule has 5 N–H and O–H groups in total. The van der Waals surface area contributed by atoms with Gasteiger partial charge in [-0.3, -0.25) is 4.90 Å². The number of primary sulfonamides is 1. The van der Waals surface area contributed by atoms with Gasteiger partial charge in [0.05, 0.1) is 16.3 Å². The average molecular weight is 298 g/mol. The number of benzene rings is 1. The van der Waals surface area contributed by atoms with E-state index in [0.29, 0.717) is 17.8 Å². The molecule has 0 saturated heterocycles. The lowest BCUT2D eigenvalue weighted by atomic mass is 10.2. The number of nitrogen functional groups attached to an aromatic ring is 1. The van der Waals surface area contributed by atoms with Crippen molar-refractivity contribution in [3.8, 4) is 0 Å². The molecule has 1 unspecified atom stereocenters. The Morgan fingerprint density at radius 1 is 1.45 bits per heavy atom. The van der Waals surface area contributed by atoms with Crippen molar-refractivity contribution in [2.75, 3.05) is 24.6 Å². The van der Waals surface area contributed by atoms with E-state index in [1.165, 1.54) is 25.0 Å². The zero-order chi connectivity index (χ0) is 14.9. The van der Waals surface area contributed by atoms with Crippen LogP contribution in [0.4, 0.5) is 11.4 Å². The molecule has 1 aliphatic rings. The summed E-state index contributed by atoms with van der Waals surface area (Å²) in [7, 11) is -1.58. The van der Waals surface area contributed by atoms with Crippen LogP contribution >= 0.6 is 0 Å². The van der Waals surface area contributed by atoms with Gasteiger partial charge in [0.15, 0.2) is 0 Å². The summed E-state index contributed by atoms with van der Waals surface area (Å²) in [5.74, 6) is 0. The summed E-state index contributed by atoms with van der Waals surface area (Å²) in [6.07, 6.45) is 2.54. The highest BCUT2D eigenvalue weighted by Gasteiger charge is 2.28. The number of hydrogen-bond acceptors (Lipinski definition) is 5. The first-order valence-electron chi connectivity index (χ1n) is 6.67. The minimum Gasteiger partial charge on any atom is -0.397 e. The predicted octanol–water partition coefficient (Wildman–Crippen LogP) is 0.811. The third-order valence-corrected chi connectivity index (χ3v) is 4.67. The van der Waals surface area contributed by atoms with Gasteiger partial charge in [0.1, 0.15) is 0 Å². The van der Waals surface area contributed by atoms with Crippen molar-refractivity contribution in [2.45, 2.75) is 36.7 Å². The Bertz CT molecular complexity index is 584. The van der Waals surface area contributed by atoms with Gasteiger partial charge in [0.2, 0.25) is 10.0 Å². The second kappa shape index (κ2) is 5.59. The summed E-state index contributed by atoms with van der Waals surface area (Å²) in [4.78, 5) is 2.38. The zero-order valence-electron chi connectivity index (χ0n) is 11.8. The van der Waals surface area contributed by atoms with E-state index in [0.717, 1.165) is 12.2 Å². The Hall–Kier alpha value is -1.31. The van der Waals surface area contributed by atoms with Crippen LogP contribution in [0.3, 0.4) is 0 Å². The first kappa shape index (κ1) is 15.1. The molecule has 2 rings (SSSR count). The Kier molecular flexibility index (Phi) is 4.22. The molecule has 1 saturated carbocycles. The SMILES string of the molecule is CC(CNc1ccc(S(N)(=O)=O)cc1N)N(C)C1CC1. The number of hydrogen-bond donors (Lipinski definition) is 3. The second-order valence-electron chi connectivity index (χ2n) is 5.42. The number of nitrogens with two attached hydrogens (primary N) is 2. The standard InChI is InChI=1S/C13H22N4O2S/c1-9(17(2)10-3-4-10)8-16-13-6-5-11(7-12(13)14)20(15,18)19/h5-7,9-10,16H,3-4,8,14H2,1-2H3,(H2,15,18,19). The van der Waals surface area contributed by atoms with Gasteiger partial charge < -0.3 is 11.1 Å². The van der Waals surface area contributed by atoms with Crippen LogP contribution in [0.5, 0.6) is 0 Å². The Balaban J connectivity index is 1.99. The smallest absolute Gasteiger partial charge is 0.238 e. The highest BCUT2D eigenvalue weighted by molar-refractivity contribution is 7.89. The molecule has 112 valence electrons. The number of nitrogens with one attached hydrogen (secondary N) is 1.